The summed E-state index contributed by atoms with van der Waals surface area (Å²) in [5, 5.41) is 0. The predicted octanol–water partition coefficient (Wildman–Crippen LogP) is 6.78. The van der Waals surface area contributed by atoms with Gasteiger partial charge in [-0.25, -0.2) is 4.98 Å². The zero-order chi connectivity index (χ0) is 24.0. The molecule has 0 atom stereocenters. The van der Waals surface area contributed by atoms with Crippen LogP contribution in [0.5, 0.6) is 17.2 Å². The lowest BCUT2D eigenvalue weighted by Gasteiger charge is -2.19. The molecule has 0 aliphatic carbocycles. The van der Waals surface area contributed by atoms with Gasteiger partial charge < -0.3 is 18.8 Å². The molecule has 4 aromatic rings. The molecule has 3 aromatic carbocycles. The van der Waals surface area contributed by atoms with Crippen LogP contribution in [0.1, 0.15) is 45.0 Å². The average Bonchev–Trinajstić information content (AvgIpc) is 3.20. The zero-order valence-electron chi connectivity index (χ0n) is 20.6. The third-order valence-corrected chi connectivity index (χ3v) is 5.91. The Labute approximate surface area is 202 Å². The fourth-order valence-corrected chi connectivity index (χ4v) is 3.94. The zero-order valence-corrected chi connectivity index (χ0v) is 20.6. The van der Waals surface area contributed by atoms with Crippen LogP contribution in [0.2, 0.25) is 0 Å². The van der Waals surface area contributed by atoms with Crippen LogP contribution in [-0.2, 0) is 18.6 Å². The Hall–Kier alpha value is -3.47. The number of imidazole rings is 1. The molecule has 1 aromatic heterocycles. The number of unbranched alkanes of at least 4 members (excludes halogenated alkanes) is 1. The van der Waals surface area contributed by atoms with Crippen molar-refractivity contribution in [2.45, 2.75) is 52.2 Å². The van der Waals surface area contributed by atoms with Gasteiger partial charge in [0.2, 0.25) is 0 Å². The van der Waals surface area contributed by atoms with E-state index in [2.05, 4.69) is 55.7 Å². The van der Waals surface area contributed by atoms with E-state index in [4.69, 9.17) is 19.2 Å². The first kappa shape index (κ1) is 23.7. The highest BCUT2D eigenvalue weighted by Crippen LogP contribution is 2.25. The van der Waals surface area contributed by atoms with E-state index in [1.165, 1.54) is 5.56 Å². The van der Waals surface area contributed by atoms with Gasteiger partial charge in [0, 0.05) is 12.6 Å². The molecule has 178 valence electrons. The highest BCUT2D eigenvalue weighted by molar-refractivity contribution is 5.75. The van der Waals surface area contributed by atoms with E-state index in [1.54, 1.807) is 7.11 Å². The Bertz CT molecular complexity index is 1210. The lowest BCUT2D eigenvalue weighted by molar-refractivity contribution is 0.284. The number of rotatable bonds is 10. The fourth-order valence-electron chi connectivity index (χ4n) is 3.94. The van der Waals surface area contributed by atoms with Crippen LogP contribution in [0.15, 0.2) is 72.8 Å². The van der Waals surface area contributed by atoms with Gasteiger partial charge in [-0.1, -0.05) is 51.1 Å². The summed E-state index contributed by atoms with van der Waals surface area (Å²) in [7, 11) is 1.66. The van der Waals surface area contributed by atoms with E-state index in [9.17, 15) is 0 Å². The monoisotopic (exact) mass is 458 g/mol. The summed E-state index contributed by atoms with van der Waals surface area (Å²) >= 11 is 0. The van der Waals surface area contributed by atoms with Crippen LogP contribution in [0.4, 0.5) is 0 Å². The number of aryl methyl sites for hydroxylation is 1. The first-order valence-electron chi connectivity index (χ1n) is 11.9. The minimum atomic E-state index is 0.128. The molecule has 0 radical (unpaired) electrons. The van der Waals surface area contributed by atoms with Crippen LogP contribution >= 0.6 is 0 Å². The minimum absolute atomic E-state index is 0.128. The topological polar surface area (TPSA) is 45.5 Å². The third-order valence-electron chi connectivity index (χ3n) is 5.91. The van der Waals surface area contributed by atoms with E-state index in [-0.39, 0.29) is 5.41 Å². The predicted molar refractivity (Wildman–Crippen MR) is 137 cm³/mol. The highest BCUT2D eigenvalue weighted by atomic mass is 16.5. The van der Waals surface area contributed by atoms with Gasteiger partial charge >= 0.3 is 0 Å². The minimum Gasteiger partial charge on any atom is -0.497 e. The van der Waals surface area contributed by atoms with Crippen LogP contribution < -0.4 is 14.2 Å². The first-order valence-corrected chi connectivity index (χ1v) is 11.9. The van der Waals surface area contributed by atoms with Crippen molar-refractivity contribution in [3.63, 3.8) is 0 Å². The van der Waals surface area contributed by atoms with Crippen molar-refractivity contribution in [3.8, 4) is 17.2 Å². The SMILES string of the molecule is COc1cccc(OCCCCn2c(COc3ccc(C(C)(C)C)cc3)nc3ccccc32)c1. The van der Waals surface area contributed by atoms with Crippen LogP contribution in [0.25, 0.3) is 11.0 Å². The molecule has 0 spiro atoms. The Balaban J connectivity index is 1.37. The lowest BCUT2D eigenvalue weighted by Crippen LogP contribution is -2.11. The number of hydrogen-bond donors (Lipinski definition) is 0. The summed E-state index contributed by atoms with van der Waals surface area (Å²) < 4.78 is 19.5. The van der Waals surface area contributed by atoms with E-state index in [1.807, 2.05) is 42.5 Å². The third kappa shape index (κ3) is 5.90. The van der Waals surface area contributed by atoms with Crippen molar-refractivity contribution in [2.75, 3.05) is 13.7 Å². The Morgan fingerprint density at radius 1 is 0.794 bits per heavy atom. The molecule has 0 amide bonds. The second kappa shape index (κ2) is 10.6. The fraction of sp³-hybridized carbons (Fsp3) is 0.345. The second-order valence-corrected chi connectivity index (χ2v) is 9.47. The van der Waals surface area contributed by atoms with Gasteiger partial charge in [0.15, 0.2) is 0 Å². The van der Waals surface area contributed by atoms with Crippen molar-refractivity contribution in [1.82, 2.24) is 9.55 Å². The summed E-state index contributed by atoms with van der Waals surface area (Å²) in [5.41, 5.74) is 3.56. The number of hydrogen-bond acceptors (Lipinski definition) is 4. The quantitative estimate of drug-likeness (QED) is 0.246. The number of aromatic nitrogens is 2. The highest BCUT2D eigenvalue weighted by Gasteiger charge is 2.14. The van der Waals surface area contributed by atoms with Gasteiger partial charge in [0.05, 0.1) is 24.8 Å². The number of fused-ring (bicyclic) bond motifs is 1. The van der Waals surface area contributed by atoms with E-state index in [0.717, 1.165) is 53.5 Å². The maximum Gasteiger partial charge on any atom is 0.147 e. The normalized spacial score (nSPS) is 11.5. The summed E-state index contributed by atoms with van der Waals surface area (Å²) in [5.74, 6) is 3.44. The van der Waals surface area contributed by atoms with Crippen LogP contribution in [0.3, 0.4) is 0 Å². The van der Waals surface area contributed by atoms with Gasteiger partial charge in [-0.2, -0.15) is 0 Å². The Morgan fingerprint density at radius 2 is 1.56 bits per heavy atom. The van der Waals surface area contributed by atoms with Crippen LogP contribution in [0, 0.1) is 0 Å². The molecule has 0 N–H and O–H groups in total. The smallest absolute Gasteiger partial charge is 0.147 e. The van der Waals surface area contributed by atoms with E-state index in [0.29, 0.717) is 13.2 Å². The van der Waals surface area contributed by atoms with E-state index < -0.39 is 0 Å². The molecule has 0 saturated carbocycles. The molecule has 0 saturated heterocycles. The van der Waals surface area contributed by atoms with Gasteiger partial charge in [0.1, 0.15) is 29.7 Å². The maximum atomic E-state index is 6.12. The molecule has 0 bridgehead atoms. The summed E-state index contributed by atoms with van der Waals surface area (Å²) in [6, 6.07) is 24.3. The first-order chi connectivity index (χ1) is 16.4. The molecule has 34 heavy (non-hydrogen) atoms. The molecule has 5 heteroatoms. The van der Waals surface area contributed by atoms with Crippen molar-refractivity contribution < 1.29 is 14.2 Å². The van der Waals surface area contributed by atoms with Gasteiger partial charge in [-0.15, -0.1) is 0 Å². The molecule has 0 aliphatic rings. The average molecular weight is 459 g/mol. The number of para-hydroxylation sites is 2. The summed E-state index contributed by atoms with van der Waals surface area (Å²) in [6.07, 6.45) is 1.93. The van der Waals surface area contributed by atoms with Crippen molar-refractivity contribution in [2.24, 2.45) is 0 Å². The van der Waals surface area contributed by atoms with E-state index >= 15 is 0 Å². The summed E-state index contributed by atoms with van der Waals surface area (Å²) in [6.45, 7) is 8.60. The lowest BCUT2D eigenvalue weighted by atomic mass is 9.87. The van der Waals surface area contributed by atoms with Crippen molar-refractivity contribution in [3.05, 3.63) is 84.2 Å². The molecular weight excluding hydrogens is 424 g/mol. The van der Waals surface area contributed by atoms with Crippen molar-refractivity contribution in [1.29, 1.82) is 0 Å². The largest absolute Gasteiger partial charge is 0.497 e. The van der Waals surface area contributed by atoms with Gasteiger partial charge in [-0.3, -0.25) is 0 Å². The molecule has 5 nitrogen and oxygen atoms in total. The maximum absolute atomic E-state index is 6.12. The second-order valence-electron chi connectivity index (χ2n) is 9.47. The molecule has 0 unspecified atom stereocenters. The van der Waals surface area contributed by atoms with Gasteiger partial charge in [-0.05, 0) is 60.2 Å². The summed E-state index contributed by atoms with van der Waals surface area (Å²) in [4.78, 5) is 4.84. The van der Waals surface area contributed by atoms with Crippen LogP contribution in [-0.4, -0.2) is 23.3 Å². The number of benzene rings is 3. The number of methoxy groups -OCH3 is 1. The van der Waals surface area contributed by atoms with Crippen molar-refractivity contribution >= 4 is 11.0 Å². The molecule has 0 aliphatic heterocycles. The number of ether oxygens (including phenoxy) is 3. The molecular formula is C29H34N2O3. The molecule has 4 rings (SSSR count). The Morgan fingerprint density at radius 3 is 2.32 bits per heavy atom. The number of nitrogens with zero attached hydrogens (tertiary/aromatic N) is 2. The van der Waals surface area contributed by atoms with Gasteiger partial charge in [0.25, 0.3) is 0 Å². The standard InChI is InChI=1S/C29H34N2O3/c1-29(2,3)22-14-16-23(17-15-22)34-21-28-30-26-12-5-6-13-27(26)31(28)18-7-8-19-33-25-11-9-10-24(20-25)32-4/h5-6,9-17,20H,7-8,18-19,21H2,1-4H3. The molecule has 1 heterocycles. The Kier molecular flexibility index (Phi) is 7.41. The molecule has 0 fully saturated rings.